The first-order valence-electron chi connectivity index (χ1n) is 10.6. The number of hydrazone groups is 1. The molecule has 1 saturated heterocycles. The maximum absolute atomic E-state index is 13.9. The summed E-state index contributed by atoms with van der Waals surface area (Å²) in [6.45, 7) is 4.44. The molecule has 30 heavy (non-hydrogen) atoms. The summed E-state index contributed by atoms with van der Waals surface area (Å²) in [7, 11) is 1.62. The van der Waals surface area contributed by atoms with Gasteiger partial charge < -0.3 is 4.74 Å². The van der Waals surface area contributed by atoms with Gasteiger partial charge in [-0.25, -0.2) is 9.40 Å². The van der Waals surface area contributed by atoms with Crippen molar-refractivity contribution in [2.45, 2.75) is 32.2 Å². The van der Waals surface area contributed by atoms with Gasteiger partial charge in [-0.2, -0.15) is 5.10 Å². The van der Waals surface area contributed by atoms with Gasteiger partial charge in [0, 0.05) is 12.0 Å². The molecule has 0 N–H and O–H groups in total. The Morgan fingerprint density at radius 1 is 1.17 bits per heavy atom. The van der Waals surface area contributed by atoms with Crippen molar-refractivity contribution in [3.63, 3.8) is 0 Å². The summed E-state index contributed by atoms with van der Waals surface area (Å²) in [5.41, 5.74) is 2.40. The molecule has 0 bridgehead atoms. The number of likely N-dealkylation sites (tertiary alicyclic amines) is 1. The zero-order valence-corrected chi connectivity index (χ0v) is 17.6. The molecule has 0 radical (unpaired) electrons. The van der Waals surface area contributed by atoms with Crippen LogP contribution in [-0.2, 0) is 4.79 Å². The van der Waals surface area contributed by atoms with E-state index in [0.29, 0.717) is 24.6 Å². The molecular formula is C24H28FN3O2. The van der Waals surface area contributed by atoms with Crippen LogP contribution < -0.4 is 4.74 Å². The van der Waals surface area contributed by atoms with Crippen molar-refractivity contribution in [2.24, 2.45) is 11.0 Å². The van der Waals surface area contributed by atoms with Crippen LogP contribution in [0.3, 0.4) is 0 Å². The molecule has 2 aliphatic rings. The first-order valence-corrected chi connectivity index (χ1v) is 10.6. The minimum Gasteiger partial charge on any atom is -0.496 e. The van der Waals surface area contributed by atoms with E-state index in [9.17, 15) is 9.18 Å². The Bertz CT molecular complexity index is 938. The minimum absolute atomic E-state index is 0.0521. The highest BCUT2D eigenvalue weighted by Crippen LogP contribution is 2.35. The molecule has 2 aliphatic heterocycles. The van der Waals surface area contributed by atoms with Gasteiger partial charge in [-0.15, -0.1) is 0 Å². The lowest BCUT2D eigenvalue weighted by atomic mass is 9.97. The van der Waals surface area contributed by atoms with E-state index in [1.165, 1.54) is 12.1 Å². The molecule has 0 aromatic heterocycles. The summed E-state index contributed by atoms with van der Waals surface area (Å²) in [4.78, 5) is 15.4. The number of ether oxygens (including phenoxy) is 1. The van der Waals surface area contributed by atoms with Crippen LogP contribution in [0.15, 0.2) is 53.6 Å². The van der Waals surface area contributed by atoms with Crippen LogP contribution in [0.5, 0.6) is 5.75 Å². The first kappa shape index (κ1) is 20.5. The second-order valence-electron chi connectivity index (χ2n) is 8.22. The molecule has 5 nitrogen and oxygen atoms in total. The maximum Gasteiger partial charge on any atom is 0.257 e. The van der Waals surface area contributed by atoms with E-state index in [1.54, 1.807) is 18.2 Å². The van der Waals surface area contributed by atoms with Crippen LogP contribution in [0.2, 0.25) is 0 Å². The first-order chi connectivity index (χ1) is 14.5. The molecule has 2 aromatic carbocycles. The van der Waals surface area contributed by atoms with E-state index in [4.69, 9.17) is 9.84 Å². The number of hydrogen-bond donors (Lipinski definition) is 0. The van der Waals surface area contributed by atoms with Crippen molar-refractivity contribution >= 4 is 11.6 Å². The number of hydrogen-bond acceptors (Lipinski definition) is 4. The highest BCUT2D eigenvalue weighted by molar-refractivity contribution is 6.05. The molecule has 1 amide bonds. The molecule has 4 rings (SSSR count). The third-order valence-electron chi connectivity index (χ3n) is 6.05. The molecule has 2 aromatic rings. The Hall–Kier alpha value is -2.73. The van der Waals surface area contributed by atoms with Crippen LogP contribution in [0.1, 0.15) is 43.4 Å². The maximum atomic E-state index is 13.9. The van der Waals surface area contributed by atoms with Gasteiger partial charge in [0.15, 0.2) is 0 Å². The zero-order chi connectivity index (χ0) is 21.1. The van der Waals surface area contributed by atoms with Crippen LogP contribution in [0, 0.1) is 11.7 Å². The number of methoxy groups -OCH3 is 1. The summed E-state index contributed by atoms with van der Waals surface area (Å²) < 4.78 is 19.4. The molecule has 0 saturated carbocycles. The van der Waals surface area contributed by atoms with Gasteiger partial charge in [-0.1, -0.05) is 31.2 Å². The number of carbonyl (C=O) groups is 1. The van der Waals surface area contributed by atoms with E-state index >= 15 is 0 Å². The predicted octanol–water partition coefficient (Wildman–Crippen LogP) is 4.24. The molecule has 1 fully saturated rings. The van der Waals surface area contributed by atoms with Gasteiger partial charge in [-0.05, 0) is 61.7 Å². The van der Waals surface area contributed by atoms with Crippen molar-refractivity contribution in [2.75, 3.05) is 26.7 Å². The Labute approximate surface area is 177 Å². The fraction of sp³-hybridized carbons (Fsp3) is 0.417. The molecule has 158 valence electrons. The smallest absolute Gasteiger partial charge is 0.257 e. The van der Waals surface area contributed by atoms with Crippen LogP contribution in [-0.4, -0.2) is 48.3 Å². The van der Waals surface area contributed by atoms with Gasteiger partial charge in [0.2, 0.25) is 0 Å². The largest absolute Gasteiger partial charge is 0.496 e. The number of benzene rings is 2. The van der Waals surface area contributed by atoms with E-state index in [-0.39, 0.29) is 17.8 Å². The molecule has 0 unspecified atom stereocenters. The van der Waals surface area contributed by atoms with Gasteiger partial charge >= 0.3 is 0 Å². The SMILES string of the molecule is COc1ccccc1C1=NN(C(=O)CN2CCC(C)CC2)[C@H](c2cccc(F)c2)C1. The summed E-state index contributed by atoms with van der Waals surface area (Å²) in [6.07, 6.45) is 2.74. The van der Waals surface area contributed by atoms with Gasteiger partial charge in [0.05, 0.1) is 25.4 Å². The van der Waals surface area contributed by atoms with Gasteiger partial charge in [0.1, 0.15) is 11.6 Å². The van der Waals surface area contributed by atoms with Crippen LogP contribution >= 0.6 is 0 Å². The Morgan fingerprint density at radius 3 is 2.67 bits per heavy atom. The molecular weight excluding hydrogens is 381 g/mol. The second kappa shape index (κ2) is 8.96. The average Bonchev–Trinajstić information content (AvgIpc) is 3.21. The Kier molecular flexibility index (Phi) is 6.13. The van der Waals surface area contributed by atoms with Crippen molar-refractivity contribution in [3.8, 4) is 5.75 Å². The van der Waals surface area contributed by atoms with Crippen molar-refractivity contribution in [1.82, 2.24) is 9.91 Å². The van der Waals surface area contributed by atoms with E-state index in [0.717, 1.165) is 42.8 Å². The lowest BCUT2D eigenvalue weighted by molar-refractivity contribution is -0.134. The fourth-order valence-corrected chi connectivity index (χ4v) is 4.24. The number of para-hydroxylation sites is 1. The lowest BCUT2D eigenvalue weighted by Gasteiger charge is -2.31. The fourth-order valence-electron chi connectivity index (χ4n) is 4.24. The molecule has 1 atom stereocenters. The standard InChI is InChI=1S/C24H28FN3O2/c1-17-10-12-27(13-11-17)16-24(29)28-22(18-6-5-7-19(25)14-18)15-21(26-28)20-8-3-4-9-23(20)30-2/h3-9,14,17,22H,10-13,15-16H2,1-2H3/t22-/m0/s1. The number of amides is 1. The monoisotopic (exact) mass is 409 g/mol. The molecule has 2 heterocycles. The topological polar surface area (TPSA) is 45.1 Å². The Morgan fingerprint density at radius 2 is 1.93 bits per heavy atom. The highest BCUT2D eigenvalue weighted by Gasteiger charge is 2.35. The second-order valence-corrected chi connectivity index (χ2v) is 8.22. The van der Waals surface area contributed by atoms with E-state index in [1.807, 2.05) is 30.3 Å². The number of piperidine rings is 1. The minimum atomic E-state index is -0.322. The van der Waals surface area contributed by atoms with Gasteiger partial charge in [0.25, 0.3) is 5.91 Å². The van der Waals surface area contributed by atoms with Crippen molar-refractivity contribution in [3.05, 3.63) is 65.5 Å². The predicted molar refractivity (Wildman–Crippen MR) is 115 cm³/mol. The average molecular weight is 410 g/mol. The normalized spacial score (nSPS) is 20.3. The van der Waals surface area contributed by atoms with Crippen molar-refractivity contribution < 1.29 is 13.9 Å². The third kappa shape index (κ3) is 4.38. The number of halogens is 1. The summed E-state index contributed by atoms with van der Waals surface area (Å²) >= 11 is 0. The van der Waals surface area contributed by atoms with Crippen LogP contribution in [0.4, 0.5) is 4.39 Å². The van der Waals surface area contributed by atoms with Crippen LogP contribution in [0.25, 0.3) is 0 Å². The number of rotatable bonds is 5. The third-order valence-corrected chi connectivity index (χ3v) is 6.05. The summed E-state index contributed by atoms with van der Waals surface area (Å²) in [5.74, 6) is 1.06. The molecule has 0 aliphatic carbocycles. The van der Waals surface area contributed by atoms with E-state index < -0.39 is 0 Å². The molecule has 6 heteroatoms. The van der Waals surface area contributed by atoms with Crippen molar-refractivity contribution in [1.29, 1.82) is 0 Å². The highest BCUT2D eigenvalue weighted by atomic mass is 19.1. The summed E-state index contributed by atoms with van der Waals surface area (Å²) in [5, 5.41) is 6.26. The summed E-state index contributed by atoms with van der Waals surface area (Å²) in [6, 6.07) is 13.8. The quantitative estimate of drug-likeness (QED) is 0.742. The molecule has 0 spiro atoms. The number of nitrogens with zero attached hydrogens (tertiary/aromatic N) is 3. The number of carbonyl (C=O) groups excluding carboxylic acids is 1. The lowest BCUT2D eigenvalue weighted by Crippen LogP contribution is -2.41. The van der Waals surface area contributed by atoms with Gasteiger partial charge in [-0.3, -0.25) is 9.69 Å². The Balaban J connectivity index is 1.62. The van der Waals surface area contributed by atoms with E-state index in [2.05, 4.69) is 11.8 Å². The zero-order valence-electron chi connectivity index (χ0n) is 17.6.